The lowest BCUT2D eigenvalue weighted by Gasteiger charge is -2.08. The summed E-state index contributed by atoms with van der Waals surface area (Å²) in [4.78, 5) is 16.6. The molecule has 134 valence electrons. The third-order valence-corrected chi connectivity index (χ3v) is 4.19. The zero-order valence-corrected chi connectivity index (χ0v) is 14.9. The summed E-state index contributed by atoms with van der Waals surface area (Å²) in [6, 6.07) is 11.2. The van der Waals surface area contributed by atoms with Crippen LogP contribution in [0.2, 0.25) is 0 Å². The number of carbonyl (C=O) groups excluding carboxylic acids is 1. The molecule has 0 bridgehead atoms. The van der Waals surface area contributed by atoms with Gasteiger partial charge in [0.25, 0.3) is 5.91 Å². The van der Waals surface area contributed by atoms with Gasteiger partial charge in [0.1, 0.15) is 18.0 Å². The molecule has 26 heavy (non-hydrogen) atoms. The van der Waals surface area contributed by atoms with Gasteiger partial charge in [-0.1, -0.05) is 12.1 Å². The first-order chi connectivity index (χ1) is 12.6. The van der Waals surface area contributed by atoms with Gasteiger partial charge in [-0.3, -0.25) is 4.79 Å². The van der Waals surface area contributed by atoms with Gasteiger partial charge < -0.3 is 15.6 Å². The first-order valence-electron chi connectivity index (χ1n) is 8.57. The molecule has 1 amide bonds. The standard InChI is InChI=1S/C19H22N6O/c1-3-25-12-22-24-17(25)10-11-21-19(26)15-7-5-14(6-8-15)16-9-4-13(2)23-18(16)20/h4-9,12H,3,10-11H2,1-2H3,(H2,20,23)(H,21,26). The van der Waals surface area contributed by atoms with Crippen molar-refractivity contribution < 1.29 is 4.79 Å². The first kappa shape index (κ1) is 17.6. The summed E-state index contributed by atoms with van der Waals surface area (Å²) in [5.74, 6) is 1.24. The predicted octanol–water partition coefficient (Wildman–Crippen LogP) is 2.22. The summed E-state index contributed by atoms with van der Waals surface area (Å²) in [5.41, 5.74) is 9.26. The summed E-state index contributed by atoms with van der Waals surface area (Å²) in [7, 11) is 0. The van der Waals surface area contributed by atoms with Gasteiger partial charge in [-0.2, -0.15) is 0 Å². The normalized spacial score (nSPS) is 10.7. The Morgan fingerprint density at radius 1 is 1.19 bits per heavy atom. The van der Waals surface area contributed by atoms with Crippen LogP contribution in [0.3, 0.4) is 0 Å². The van der Waals surface area contributed by atoms with Crippen LogP contribution in [0.1, 0.15) is 28.8 Å². The van der Waals surface area contributed by atoms with Crippen LogP contribution < -0.4 is 11.1 Å². The number of aromatic nitrogens is 4. The highest BCUT2D eigenvalue weighted by Crippen LogP contribution is 2.24. The molecule has 1 aromatic carbocycles. The Morgan fingerprint density at radius 2 is 1.96 bits per heavy atom. The van der Waals surface area contributed by atoms with Crippen molar-refractivity contribution in [2.24, 2.45) is 0 Å². The van der Waals surface area contributed by atoms with E-state index in [2.05, 4.69) is 20.5 Å². The second kappa shape index (κ2) is 7.77. The number of hydrogen-bond acceptors (Lipinski definition) is 5. The maximum atomic E-state index is 12.3. The fraction of sp³-hybridized carbons (Fsp3) is 0.263. The van der Waals surface area contributed by atoms with Crippen LogP contribution in [-0.2, 0) is 13.0 Å². The molecule has 0 aliphatic carbocycles. The van der Waals surface area contributed by atoms with Gasteiger partial charge in [0.2, 0.25) is 0 Å². The Kier molecular flexibility index (Phi) is 5.26. The quantitative estimate of drug-likeness (QED) is 0.710. The lowest BCUT2D eigenvalue weighted by molar-refractivity contribution is 0.0954. The molecule has 0 atom stereocenters. The summed E-state index contributed by atoms with van der Waals surface area (Å²) < 4.78 is 1.96. The number of hydrogen-bond donors (Lipinski definition) is 2. The van der Waals surface area contributed by atoms with E-state index in [9.17, 15) is 4.79 Å². The summed E-state index contributed by atoms with van der Waals surface area (Å²) in [5, 5.41) is 10.9. The zero-order valence-electron chi connectivity index (χ0n) is 14.9. The number of rotatable bonds is 6. The van der Waals surface area contributed by atoms with Crippen LogP contribution in [0, 0.1) is 6.92 Å². The minimum Gasteiger partial charge on any atom is -0.383 e. The van der Waals surface area contributed by atoms with Crippen LogP contribution in [0.5, 0.6) is 0 Å². The van der Waals surface area contributed by atoms with E-state index in [1.165, 1.54) is 0 Å². The fourth-order valence-electron chi connectivity index (χ4n) is 2.75. The van der Waals surface area contributed by atoms with Gasteiger partial charge in [-0.15, -0.1) is 10.2 Å². The van der Waals surface area contributed by atoms with Crippen molar-refractivity contribution in [1.29, 1.82) is 0 Å². The smallest absolute Gasteiger partial charge is 0.251 e. The SMILES string of the molecule is CCn1cnnc1CCNC(=O)c1ccc(-c2ccc(C)nc2N)cc1. The van der Waals surface area contributed by atoms with Gasteiger partial charge in [-0.05, 0) is 43.7 Å². The molecule has 0 radical (unpaired) electrons. The van der Waals surface area contributed by atoms with Crippen molar-refractivity contribution in [2.45, 2.75) is 26.8 Å². The molecule has 7 heteroatoms. The number of nitrogens with one attached hydrogen (secondary N) is 1. The van der Waals surface area contributed by atoms with E-state index in [1.54, 1.807) is 18.5 Å². The van der Waals surface area contributed by atoms with Gasteiger partial charge in [0, 0.05) is 36.3 Å². The first-order valence-corrected chi connectivity index (χ1v) is 8.57. The molecule has 3 aromatic rings. The zero-order chi connectivity index (χ0) is 18.5. The van der Waals surface area contributed by atoms with Gasteiger partial charge >= 0.3 is 0 Å². The third kappa shape index (κ3) is 3.88. The third-order valence-electron chi connectivity index (χ3n) is 4.19. The number of amides is 1. The number of anilines is 1. The summed E-state index contributed by atoms with van der Waals surface area (Å²) in [6.07, 6.45) is 2.34. The molecule has 0 spiro atoms. The average molecular weight is 350 g/mol. The Morgan fingerprint density at radius 3 is 2.65 bits per heavy atom. The molecule has 2 heterocycles. The van der Waals surface area contributed by atoms with E-state index in [0.717, 1.165) is 29.2 Å². The maximum Gasteiger partial charge on any atom is 0.251 e. The average Bonchev–Trinajstić information content (AvgIpc) is 3.09. The molecule has 0 fully saturated rings. The van der Waals surface area contributed by atoms with Crippen molar-refractivity contribution in [2.75, 3.05) is 12.3 Å². The van der Waals surface area contributed by atoms with Crippen LogP contribution >= 0.6 is 0 Å². The summed E-state index contributed by atoms with van der Waals surface area (Å²) >= 11 is 0. The topological polar surface area (TPSA) is 98.7 Å². The molecular formula is C19H22N6O. The Labute approximate surface area is 152 Å². The molecular weight excluding hydrogens is 328 g/mol. The van der Waals surface area contributed by atoms with Gasteiger partial charge in [-0.25, -0.2) is 4.98 Å². The highest BCUT2D eigenvalue weighted by Gasteiger charge is 2.09. The highest BCUT2D eigenvalue weighted by atomic mass is 16.1. The Balaban J connectivity index is 1.62. The summed E-state index contributed by atoms with van der Waals surface area (Å²) in [6.45, 7) is 5.25. The van der Waals surface area contributed by atoms with Crippen LogP contribution in [0.15, 0.2) is 42.7 Å². The second-order valence-electron chi connectivity index (χ2n) is 6.00. The van der Waals surface area contributed by atoms with Crippen molar-refractivity contribution >= 4 is 11.7 Å². The van der Waals surface area contributed by atoms with E-state index < -0.39 is 0 Å². The maximum absolute atomic E-state index is 12.3. The molecule has 2 aromatic heterocycles. The molecule has 0 aliphatic heterocycles. The number of nitrogens with zero attached hydrogens (tertiary/aromatic N) is 4. The van der Waals surface area contributed by atoms with Crippen LogP contribution in [0.25, 0.3) is 11.1 Å². The minimum atomic E-state index is -0.117. The van der Waals surface area contributed by atoms with E-state index in [4.69, 9.17) is 5.73 Å². The van der Waals surface area contributed by atoms with Crippen molar-refractivity contribution in [3.8, 4) is 11.1 Å². The van der Waals surface area contributed by atoms with Gasteiger partial charge in [0.15, 0.2) is 0 Å². The highest BCUT2D eigenvalue weighted by molar-refractivity contribution is 5.94. The van der Waals surface area contributed by atoms with E-state index in [1.807, 2.05) is 42.7 Å². The second-order valence-corrected chi connectivity index (χ2v) is 6.00. The van der Waals surface area contributed by atoms with Crippen molar-refractivity contribution in [3.05, 3.63) is 59.8 Å². The molecule has 7 nitrogen and oxygen atoms in total. The van der Waals surface area contributed by atoms with Crippen LogP contribution in [0.4, 0.5) is 5.82 Å². The largest absolute Gasteiger partial charge is 0.383 e. The minimum absolute atomic E-state index is 0.117. The molecule has 0 saturated carbocycles. The number of nitrogen functional groups attached to an aromatic ring is 1. The van der Waals surface area contributed by atoms with E-state index >= 15 is 0 Å². The number of aryl methyl sites for hydroxylation is 2. The predicted molar refractivity (Wildman–Crippen MR) is 101 cm³/mol. The molecule has 3 N–H and O–H groups in total. The molecule has 0 aliphatic rings. The fourth-order valence-corrected chi connectivity index (χ4v) is 2.75. The molecule has 0 saturated heterocycles. The van der Waals surface area contributed by atoms with Crippen LogP contribution in [-0.4, -0.2) is 32.2 Å². The van der Waals surface area contributed by atoms with Crippen molar-refractivity contribution in [1.82, 2.24) is 25.1 Å². The molecule has 0 unspecified atom stereocenters. The van der Waals surface area contributed by atoms with Gasteiger partial charge in [0.05, 0.1) is 0 Å². The number of nitrogens with two attached hydrogens (primary N) is 1. The van der Waals surface area contributed by atoms with Crippen molar-refractivity contribution in [3.63, 3.8) is 0 Å². The number of pyridine rings is 1. The number of carbonyl (C=O) groups is 1. The van der Waals surface area contributed by atoms with E-state index in [-0.39, 0.29) is 5.91 Å². The Hall–Kier alpha value is -3.22. The lowest BCUT2D eigenvalue weighted by atomic mass is 10.0. The van der Waals surface area contributed by atoms with E-state index in [0.29, 0.717) is 24.3 Å². The lowest BCUT2D eigenvalue weighted by Crippen LogP contribution is -2.26. The monoisotopic (exact) mass is 350 g/mol. The number of benzene rings is 1. The Bertz CT molecular complexity index is 901. The molecule has 3 rings (SSSR count).